The molecule has 0 aliphatic carbocycles. The Hall–Kier alpha value is -0.780. The molecule has 0 radical (unpaired) electrons. The summed E-state index contributed by atoms with van der Waals surface area (Å²) in [5.74, 6) is 2.10. The molecule has 1 aromatic rings. The molecule has 0 saturated heterocycles. The number of hydrogen-bond donors (Lipinski definition) is 2. The first-order valence-electron chi connectivity index (χ1n) is 6.52. The Morgan fingerprint density at radius 3 is 2.84 bits per heavy atom. The van der Waals surface area contributed by atoms with Crippen molar-refractivity contribution in [2.75, 3.05) is 13.4 Å². The molecule has 1 aliphatic rings. The summed E-state index contributed by atoms with van der Waals surface area (Å²) in [5, 5.41) is 12.7. The van der Waals surface area contributed by atoms with Crippen LogP contribution in [0.15, 0.2) is 16.6 Å². The van der Waals surface area contributed by atoms with Crippen LogP contribution in [0.5, 0.6) is 11.5 Å². The van der Waals surface area contributed by atoms with Gasteiger partial charge in [0.2, 0.25) is 6.79 Å². The second-order valence-corrected chi connectivity index (χ2v) is 6.06. The van der Waals surface area contributed by atoms with E-state index in [1.54, 1.807) is 0 Å². The van der Waals surface area contributed by atoms with Gasteiger partial charge in [-0.3, -0.25) is 0 Å². The van der Waals surface area contributed by atoms with Crippen LogP contribution >= 0.6 is 15.9 Å². The molecule has 1 aliphatic heterocycles. The summed E-state index contributed by atoms with van der Waals surface area (Å²) >= 11 is 3.48. The van der Waals surface area contributed by atoms with Crippen LogP contribution in [0.25, 0.3) is 0 Å². The summed E-state index contributed by atoms with van der Waals surface area (Å²) in [6, 6.07) is 4.12. The zero-order valence-corrected chi connectivity index (χ0v) is 12.9. The predicted octanol–water partition coefficient (Wildman–Crippen LogP) is 2.67. The van der Waals surface area contributed by atoms with Crippen molar-refractivity contribution in [2.45, 2.75) is 32.9 Å². The number of aliphatic hydroxyl groups is 1. The number of halogens is 1. The lowest BCUT2D eigenvalue weighted by atomic mass is 10.0. The fourth-order valence-corrected chi connectivity index (χ4v) is 2.78. The molecule has 1 heterocycles. The number of nitrogens with one attached hydrogen (secondary N) is 1. The fraction of sp³-hybridized carbons (Fsp3) is 0.571. The monoisotopic (exact) mass is 329 g/mol. The third-order valence-electron chi connectivity index (χ3n) is 3.06. The molecule has 0 bridgehead atoms. The zero-order chi connectivity index (χ0) is 13.8. The Morgan fingerprint density at radius 1 is 1.37 bits per heavy atom. The molecular weight excluding hydrogens is 310 g/mol. The van der Waals surface area contributed by atoms with Crippen molar-refractivity contribution >= 4 is 15.9 Å². The molecule has 1 unspecified atom stereocenters. The largest absolute Gasteiger partial charge is 0.454 e. The smallest absolute Gasteiger partial charge is 0.231 e. The van der Waals surface area contributed by atoms with Gasteiger partial charge in [-0.15, -0.1) is 0 Å². The van der Waals surface area contributed by atoms with Gasteiger partial charge in [-0.05, 0) is 46.0 Å². The molecule has 0 aromatic heterocycles. The van der Waals surface area contributed by atoms with Crippen molar-refractivity contribution in [1.29, 1.82) is 0 Å². The lowest BCUT2D eigenvalue weighted by molar-refractivity contribution is 0.173. The number of aliphatic hydroxyl groups excluding tert-OH is 1. The standard InChI is InChI=1S/C14H20BrNO3/c1-9(2)3-11(7-17)16-6-10-4-12(15)14-13(5-10)18-8-19-14/h4-5,9,11,16-17H,3,6-8H2,1-2H3. The van der Waals surface area contributed by atoms with E-state index in [-0.39, 0.29) is 19.4 Å². The van der Waals surface area contributed by atoms with E-state index in [0.29, 0.717) is 12.5 Å². The van der Waals surface area contributed by atoms with Gasteiger partial charge in [0.1, 0.15) is 0 Å². The summed E-state index contributed by atoms with van der Waals surface area (Å²) < 4.78 is 11.6. The van der Waals surface area contributed by atoms with Crippen LogP contribution in [-0.2, 0) is 6.54 Å². The van der Waals surface area contributed by atoms with Crippen LogP contribution in [0.1, 0.15) is 25.8 Å². The average molecular weight is 330 g/mol. The summed E-state index contributed by atoms with van der Waals surface area (Å²) in [4.78, 5) is 0. The maximum absolute atomic E-state index is 9.35. The molecule has 19 heavy (non-hydrogen) atoms. The van der Waals surface area contributed by atoms with E-state index in [1.165, 1.54) is 0 Å². The Morgan fingerprint density at radius 2 is 2.16 bits per heavy atom. The van der Waals surface area contributed by atoms with E-state index in [1.807, 2.05) is 12.1 Å². The topological polar surface area (TPSA) is 50.7 Å². The van der Waals surface area contributed by atoms with Crippen LogP contribution in [0.3, 0.4) is 0 Å². The summed E-state index contributed by atoms with van der Waals surface area (Å²) in [6.45, 7) is 5.44. The van der Waals surface area contributed by atoms with Crippen molar-refractivity contribution in [3.8, 4) is 11.5 Å². The Balaban J connectivity index is 1.98. The van der Waals surface area contributed by atoms with Gasteiger partial charge < -0.3 is 19.9 Å². The molecule has 5 heteroatoms. The molecule has 0 saturated carbocycles. The molecule has 0 fully saturated rings. The highest BCUT2D eigenvalue weighted by Crippen LogP contribution is 2.39. The van der Waals surface area contributed by atoms with Gasteiger partial charge in [0.05, 0.1) is 11.1 Å². The maximum Gasteiger partial charge on any atom is 0.231 e. The van der Waals surface area contributed by atoms with Crippen molar-refractivity contribution in [1.82, 2.24) is 5.32 Å². The van der Waals surface area contributed by atoms with Crippen LogP contribution < -0.4 is 14.8 Å². The maximum atomic E-state index is 9.35. The third kappa shape index (κ3) is 3.84. The number of benzene rings is 1. The second-order valence-electron chi connectivity index (χ2n) is 5.20. The minimum atomic E-state index is 0.129. The highest BCUT2D eigenvalue weighted by Gasteiger charge is 2.18. The van der Waals surface area contributed by atoms with Gasteiger partial charge in [-0.1, -0.05) is 13.8 Å². The van der Waals surface area contributed by atoms with Crippen LogP contribution in [0.2, 0.25) is 0 Å². The van der Waals surface area contributed by atoms with Crippen LogP contribution in [0.4, 0.5) is 0 Å². The Kier molecular flexibility index (Phi) is 5.07. The van der Waals surface area contributed by atoms with Crippen molar-refractivity contribution < 1.29 is 14.6 Å². The first-order valence-corrected chi connectivity index (χ1v) is 7.31. The molecule has 2 rings (SSSR count). The number of rotatable bonds is 6. The van der Waals surface area contributed by atoms with E-state index in [2.05, 4.69) is 35.1 Å². The van der Waals surface area contributed by atoms with Crippen LogP contribution in [0, 0.1) is 5.92 Å². The molecular formula is C14H20BrNO3. The predicted molar refractivity (Wildman–Crippen MR) is 77.4 cm³/mol. The van der Waals surface area contributed by atoms with E-state index < -0.39 is 0 Å². The van der Waals surface area contributed by atoms with Gasteiger partial charge in [0, 0.05) is 12.6 Å². The third-order valence-corrected chi connectivity index (χ3v) is 3.65. The van der Waals surface area contributed by atoms with Gasteiger partial charge in [0.15, 0.2) is 11.5 Å². The molecule has 1 atom stereocenters. The van der Waals surface area contributed by atoms with E-state index in [9.17, 15) is 5.11 Å². The minimum absolute atomic E-state index is 0.129. The molecule has 0 spiro atoms. The van der Waals surface area contributed by atoms with E-state index in [4.69, 9.17) is 9.47 Å². The lowest BCUT2D eigenvalue weighted by Crippen LogP contribution is -2.33. The summed E-state index contributed by atoms with van der Waals surface area (Å²) in [6.07, 6.45) is 0.961. The Labute approximate surface area is 122 Å². The van der Waals surface area contributed by atoms with E-state index in [0.717, 1.165) is 28.0 Å². The lowest BCUT2D eigenvalue weighted by Gasteiger charge is -2.18. The van der Waals surface area contributed by atoms with Crippen LogP contribution in [-0.4, -0.2) is 24.5 Å². The minimum Gasteiger partial charge on any atom is -0.454 e. The first-order chi connectivity index (χ1) is 9.10. The highest BCUT2D eigenvalue weighted by molar-refractivity contribution is 9.10. The van der Waals surface area contributed by atoms with Gasteiger partial charge in [-0.25, -0.2) is 0 Å². The molecule has 1 aromatic carbocycles. The van der Waals surface area contributed by atoms with Crippen molar-refractivity contribution in [3.05, 3.63) is 22.2 Å². The summed E-state index contributed by atoms with van der Waals surface area (Å²) in [5.41, 5.74) is 1.11. The zero-order valence-electron chi connectivity index (χ0n) is 11.3. The molecule has 106 valence electrons. The average Bonchev–Trinajstić information content (AvgIpc) is 2.82. The van der Waals surface area contributed by atoms with Gasteiger partial charge >= 0.3 is 0 Å². The number of ether oxygens (including phenoxy) is 2. The quantitative estimate of drug-likeness (QED) is 0.842. The van der Waals surface area contributed by atoms with Crippen molar-refractivity contribution in [2.24, 2.45) is 5.92 Å². The molecule has 2 N–H and O–H groups in total. The van der Waals surface area contributed by atoms with Crippen molar-refractivity contribution in [3.63, 3.8) is 0 Å². The van der Waals surface area contributed by atoms with E-state index >= 15 is 0 Å². The second kappa shape index (κ2) is 6.59. The highest BCUT2D eigenvalue weighted by atomic mass is 79.9. The fourth-order valence-electron chi connectivity index (χ4n) is 2.18. The van der Waals surface area contributed by atoms with Gasteiger partial charge in [0.25, 0.3) is 0 Å². The van der Waals surface area contributed by atoms with Gasteiger partial charge in [-0.2, -0.15) is 0 Å². The number of hydrogen-bond acceptors (Lipinski definition) is 4. The normalized spacial score (nSPS) is 15.0. The summed E-state index contributed by atoms with van der Waals surface area (Å²) in [7, 11) is 0. The number of fused-ring (bicyclic) bond motifs is 1. The first kappa shape index (κ1) is 14.6. The Bertz CT molecular complexity index is 437. The molecule has 0 amide bonds. The molecule has 4 nitrogen and oxygen atoms in total. The SMILES string of the molecule is CC(C)CC(CO)NCc1cc(Br)c2c(c1)OCO2.